The number of rotatable bonds is 5. The molecule has 1 amide bonds. The lowest BCUT2D eigenvalue weighted by Gasteiger charge is -1.98. The summed E-state index contributed by atoms with van der Waals surface area (Å²) in [5, 5.41) is 4.71. The van der Waals surface area contributed by atoms with Crippen molar-refractivity contribution >= 4 is 17.2 Å². The van der Waals surface area contributed by atoms with Crippen LogP contribution in [0.2, 0.25) is 0 Å². The summed E-state index contributed by atoms with van der Waals surface area (Å²) in [6.45, 7) is 0. The maximum atomic E-state index is 10.9. The van der Waals surface area contributed by atoms with Gasteiger partial charge in [0, 0.05) is 18.3 Å². The van der Waals surface area contributed by atoms with Crippen molar-refractivity contribution in [2.24, 2.45) is 0 Å². The van der Waals surface area contributed by atoms with Crippen molar-refractivity contribution in [3.63, 3.8) is 0 Å². The molecule has 0 saturated heterocycles. The lowest BCUT2D eigenvalue weighted by molar-refractivity contribution is -0.120. The van der Waals surface area contributed by atoms with Gasteiger partial charge in [-0.15, -0.1) is 11.3 Å². The number of aryl methyl sites for hydroxylation is 1. The Morgan fingerprint density at radius 1 is 1.54 bits per heavy atom. The third-order valence-corrected chi connectivity index (χ3v) is 2.87. The quantitative estimate of drug-likeness (QED) is 0.720. The van der Waals surface area contributed by atoms with Gasteiger partial charge in [0.1, 0.15) is 0 Å². The Morgan fingerprint density at radius 2 is 2.38 bits per heavy atom. The highest BCUT2D eigenvalue weighted by atomic mass is 32.1. The number of carbonyl (C=O) groups excluding carboxylic acids is 1. The van der Waals surface area contributed by atoms with Crippen LogP contribution in [-0.2, 0) is 11.2 Å². The Balaban J connectivity index is 2.05. The molecule has 1 N–H and O–H groups in total. The van der Waals surface area contributed by atoms with E-state index in [1.807, 2.05) is 0 Å². The molecule has 3 heteroatoms. The second-order valence-corrected chi connectivity index (χ2v) is 3.99. The Bertz CT molecular complexity index is 243. The van der Waals surface area contributed by atoms with Crippen molar-refractivity contribution in [2.75, 3.05) is 7.05 Å². The van der Waals surface area contributed by atoms with Crippen LogP contribution in [0.3, 0.4) is 0 Å². The van der Waals surface area contributed by atoms with E-state index in [-0.39, 0.29) is 5.91 Å². The first-order valence-electron chi connectivity index (χ1n) is 4.56. The van der Waals surface area contributed by atoms with Crippen LogP contribution in [0, 0.1) is 0 Å². The summed E-state index contributed by atoms with van der Waals surface area (Å²) in [4.78, 5) is 12.3. The monoisotopic (exact) mass is 197 g/mol. The smallest absolute Gasteiger partial charge is 0.219 e. The second kappa shape index (κ2) is 5.75. The zero-order valence-electron chi connectivity index (χ0n) is 7.88. The van der Waals surface area contributed by atoms with Crippen LogP contribution < -0.4 is 5.32 Å². The normalized spacial score (nSPS) is 9.92. The van der Waals surface area contributed by atoms with Crippen LogP contribution in [0.15, 0.2) is 17.5 Å². The molecule has 72 valence electrons. The highest BCUT2D eigenvalue weighted by Crippen LogP contribution is 2.12. The molecule has 0 aliphatic carbocycles. The Labute approximate surface area is 83.0 Å². The van der Waals surface area contributed by atoms with Crippen molar-refractivity contribution in [1.29, 1.82) is 0 Å². The number of thiophene rings is 1. The molecular weight excluding hydrogens is 182 g/mol. The SMILES string of the molecule is CNC(=O)CCCCc1cccs1. The summed E-state index contributed by atoms with van der Waals surface area (Å²) in [6.07, 6.45) is 3.85. The molecule has 0 aliphatic rings. The standard InChI is InChI=1S/C10H15NOS/c1-11-10(12)7-3-2-5-9-6-4-8-13-9/h4,6,8H,2-3,5,7H2,1H3,(H,11,12). The lowest BCUT2D eigenvalue weighted by Crippen LogP contribution is -2.16. The summed E-state index contributed by atoms with van der Waals surface area (Å²) >= 11 is 1.79. The van der Waals surface area contributed by atoms with Crippen molar-refractivity contribution in [3.05, 3.63) is 22.4 Å². The number of amides is 1. The first-order valence-corrected chi connectivity index (χ1v) is 5.44. The summed E-state index contributed by atoms with van der Waals surface area (Å²) in [6, 6.07) is 4.21. The van der Waals surface area contributed by atoms with Crippen molar-refractivity contribution in [2.45, 2.75) is 25.7 Å². The molecule has 0 saturated carbocycles. The first-order chi connectivity index (χ1) is 6.33. The van der Waals surface area contributed by atoms with Gasteiger partial charge in [0.2, 0.25) is 5.91 Å². The van der Waals surface area contributed by atoms with Gasteiger partial charge in [-0.2, -0.15) is 0 Å². The maximum Gasteiger partial charge on any atom is 0.219 e. The van der Waals surface area contributed by atoms with E-state index in [0.717, 1.165) is 19.3 Å². The zero-order valence-corrected chi connectivity index (χ0v) is 8.69. The minimum Gasteiger partial charge on any atom is -0.359 e. The average molecular weight is 197 g/mol. The molecule has 0 spiro atoms. The Morgan fingerprint density at radius 3 is 3.00 bits per heavy atom. The van der Waals surface area contributed by atoms with Gasteiger partial charge in [0.15, 0.2) is 0 Å². The number of carbonyl (C=O) groups is 1. The van der Waals surface area contributed by atoms with E-state index in [9.17, 15) is 4.79 Å². The van der Waals surface area contributed by atoms with Crippen LogP contribution in [-0.4, -0.2) is 13.0 Å². The van der Waals surface area contributed by atoms with Crippen LogP contribution in [0.1, 0.15) is 24.1 Å². The molecule has 0 unspecified atom stereocenters. The molecule has 13 heavy (non-hydrogen) atoms. The number of nitrogens with one attached hydrogen (secondary N) is 1. The van der Waals surface area contributed by atoms with E-state index >= 15 is 0 Å². The van der Waals surface area contributed by atoms with Crippen molar-refractivity contribution < 1.29 is 4.79 Å². The van der Waals surface area contributed by atoms with E-state index in [0.29, 0.717) is 6.42 Å². The van der Waals surface area contributed by atoms with Crippen LogP contribution >= 0.6 is 11.3 Å². The highest BCUT2D eigenvalue weighted by molar-refractivity contribution is 7.09. The van der Waals surface area contributed by atoms with Crippen molar-refractivity contribution in [3.8, 4) is 0 Å². The molecule has 1 rings (SSSR count). The fourth-order valence-electron chi connectivity index (χ4n) is 1.16. The molecule has 0 radical (unpaired) electrons. The fraction of sp³-hybridized carbons (Fsp3) is 0.500. The molecule has 1 aromatic heterocycles. The van der Waals surface area contributed by atoms with E-state index in [1.165, 1.54) is 4.88 Å². The molecule has 0 aliphatic heterocycles. The highest BCUT2D eigenvalue weighted by Gasteiger charge is 1.98. The number of hydrogen-bond donors (Lipinski definition) is 1. The van der Waals surface area contributed by atoms with E-state index in [1.54, 1.807) is 18.4 Å². The largest absolute Gasteiger partial charge is 0.359 e. The van der Waals surface area contributed by atoms with Gasteiger partial charge < -0.3 is 5.32 Å². The Hall–Kier alpha value is -0.830. The summed E-state index contributed by atoms with van der Waals surface area (Å²) < 4.78 is 0. The van der Waals surface area contributed by atoms with Gasteiger partial charge in [-0.3, -0.25) is 4.79 Å². The third-order valence-electron chi connectivity index (χ3n) is 1.94. The van der Waals surface area contributed by atoms with Gasteiger partial charge >= 0.3 is 0 Å². The summed E-state index contributed by atoms with van der Waals surface area (Å²) in [5.74, 6) is 0.145. The number of unbranched alkanes of at least 4 members (excludes halogenated alkanes) is 1. The van der Waals surface area contributed by atoms with Gasteiger partial charge in [-0.1, -0.05) is 6.07 Å². The lowest BCUT2D eigenvalue weighted by atomic mass is 10.1. The van der Waals surface area contributed by atoms with Crippen LogP contribution in [0.5, 0.6) is 0 Å². The predicted molar refractivity (Wildman–Crippen MR) is 55.9 cm³/mol. The molecular formula is C10H15NOS. The topological polar surface area (TPSA) is 29.1 Å². The zero-order chi connectivity index (χ0) is 9.52. The molecule has 0 fully saturated rings. The second-order valence-electron chi connectivity index (χ2n) is 2.96. The van der Waals surface area contributed by atoms with Gasteiger partial charge in [-0.05, 0) is 30.7 Å². The van der Waals surface area contributed by atoms with Gasteiger partial charge in [-0.25, -0.2) is 0 Å². The average Bonchev–Trinajstić information content (AvgIpc) is 2.64. The minimum atomic E-state index is 0.145. The maximum absolute atomic E-state index is 10.9. The third kappa shape index (κ3) is 4.08. The molecule has 2 nitrogen and oxygen atoms in total. The minimum absolute atomic E-state index is 0.145. The fourth-order valence-corrected chi connectivity index (χ4v) is 1.92. The Kier molecular flexibility index (Phi) is 4.54. The summed E-state index contributed by atoms with van der Waals surface area (Å²) in [5.41, 5.74) is 0. The van der Waals surface area contributed by atoms with Gasteiger partial charge in [0.05, 0.1) is 0 Å². The molecule has 0 aromatic carbocycles. The summed E-state index contributed by atoms with van der Waals surface area (Å²) in [7, 11) is 1.68. The molecule has 0 bridgehead atoms. The number of hydrogen-bond acceptors (Lipinski definition) is 2. The van der Waals surface area contributed by atoms with E-state index in [4.69, 9.17) is 0 Å². The molecule has 0 atom stereocenters. The van der Waals surface area contributed by atoms with Gasteiger partial charge in [0.25, 0.3) is 0 Å². The van der Waals surface area contributed by atoms with E-state index < -0.39 is 0 Å². The molecule has 1 heterocycles. The molecule has 1 aromatic rings. The predicted octanol–water partition coefficient (Wildman–Crippen LogP) is 2.21. The van der Waals surface area contributed by atoms with Crippen molar-refractivity contribution in [1.82, 2.24) is 5.32 Å². The van der Waals surface area contributed by atoms with Crippen LogP contribution in [0.25, 0.3) is 0 Å². The van der Waals surface area contributed by atoms with Crippen LogP contribution in [0.4, 0.5) is 0 Å². The first kappa shape index (κ1) is 10.3. The van der Waals surface area contributed by atoms with E-state index in [2.05, 4.69) is 22.8 Å².